The zero-order valence-electron chi connectivity index (χ0n) is 22.2. The summed E-state index contributed by atoms with van der Waals surface area (Å²) in [5, 5.41) is 0. The molecule has 0 aromatic carbocycles. The Balaban J connectivity index is 2.24. The van der Waals surface area contributed by atoms with Gasteiger partial charge in [-0.05, 0) is 67.6 Å². The van der Waals surface area contributed by atoms with E-state index in [2.05, 4.69) is 48.1 Å². The van der Waals surface area contributed by atoms with E-state index in [1.54, 1.807) is 6.08 Å². The average molecular weight is 475 g/mol. The van der Waals surface area contributed by atoms with Gasteiger partial charge >= 0.3 is 11.9 Å². The van der Waals surface area contributed by atoms with Gasteiger partial charge in [-0.1, -0.05) is 60.5 Å². The van der Waals surface area contributed by atoms with Crippen molar-refractivity contribution in [2.45, 2.75) is 105 Å². The van der Waals surface area contributed by atoms with Crippen LogP contribution < -0.4 is 0 Å². The lowest BCUT2D eigenvalue weighted by Gasteiger charge is -2.37. The molecule has 6 atom stereocenters. The Bertz CT molecular complexity index is 702. The zero-order valence-corrected chi connectivity index (χ0v) is 22.2. The Hall–Kier alpha value is -1.91. The molecule has 0 aromatic rings. The third kappa shape index (κ3) is 8.09. The summed E-state index contributed by atoms with van der Waals surface area (Å²) in [5.41, 5.74) is -0.268. The van der Waals surface area contributed by atoms with E-state index in [9.17, 15) is 14.4 Å². The fraction of sp³-hybridized carbons (Fsp3) is 0.759. The number of rotatable bonds is 10. The van der Waals surface area contributed by atoms with Gasteiger partial charge in [0, 0.05) is 12.5 Å². The number of hydrogen-bond donors (Lipinski definition) is 0. The Morgan fingerprint density at radius 1 is 0.824 bits per heavy atom. The summed E-state index contributed by atoms with van der Waals surface area (Å²) in [6, 6.07) is 0. The highest BCUT2D eigenvalue weighted by Gasteiger charge is 2.38. The topological polar surface area (TPSA) is 69.7 Å². The number of ether oxygens (including phenoxy) is 2. The van der Waals surface area contributed by atoms with Gasteiger partial charge in [-0.15, -0.1) is 6.58 Å². The van der Waals surface area contributed by atoms with Crippen LogP contribution in [-0.2, 0) is 23.9 Å². The van der Waals surface area contributed by atoms with Gasteiger partial charge in [0.2, 0.25) is 0 Å². The molecule has 5 heteroatoms. The summed E-state index contributed by atoms with van der Waals surface area (Å²) < 4.78 is 11.9. The van der Waals surface area contributed by atoms with Gasteiger partial charge in [0.05, 0.1) is 0 Å². The third-order valence-electron chi connectivity index (χ3n) is 7.78. The maximum absolute atomic E-state index is 13.3. The first-order valence-corrected chi connectivity index (χ1v) is 13.3. The van der Waals surface area contributed by atoms with Crippen molar-refractivity contribution in [1.29, 1.82) is 0 Å². The Morgan fingerprint density at radius 2 is 1.26 bits per heavy atom. The van der Waals surface area contributed by atoms with Crippen molar-refractivity contribution in [3.05, 3.63) is 24.3 Å². The van der Waals surface area contributed by atoms with Crippen molar-refractivity contribution in [2.75, 3.05) is 0 Å². The molecule has 5 nitrogen and oxygen atoms in total. The van der Waals surface area contributed by atoms with Crippen LogP contribution in [0.2, 0.25) is 0 Å². The van der Waals surface area contributed by atoms with Crippen molar-refractivity contribution in [1.82, 2.24) is 0 Å². The molecular formula is C29H46O5. The Kier molecular flexibility index (Phi) is 11.0. The van der Waals surface area contributed by atoms with E-state index < -0.39 is 11.9 Å². The quantitative estimate of drug-likeness (QED) is 0.120. The molecule has 192 valence electrons. The summed E-state index contributed by atoms with van der Waals surface area (Å²) in [4.78, 5) is 39.1. The smallest absolute Gasteiger partial charge is 0.345 e. The lowest BCUT2D eigenvalue weighted by Crippen LogP contribution is -2.39. The first-order chi connectivity index (χ1) is 16.0. The molecule has 2 saturated carbocycles. The molecule has 0 bridgehead atoms. The van der Waals surface area contributed by atoms with Crippen LogP contribution in [0.3, 0.4) is 0 Å². The van der Waals surface area contributed by atoms with Crippen LogP contribution in [0.25, 0.3) is 0 Å². The molecule has 0 heterocycles. The Labute approximate surface area is 206 Å². The molecule has 2 aliphatic carbocycles. The summed E-state index contributed by atoms with van der Waals surface area (Å²) in [6.45, 7) is 16.5. The van der Waals surface area contributed by atoms with Crippen LogP contribution in [0.5, 0.6) is 0 Å². The molecule has 0 spiro atoms. The SMILES string of the molecule is C=CCCC(=O)C=C(C(=O)O[C@@H]1C[C@H](C)CC[C@H]1C(C)C)C(=O)O[C@@H]1C[C@H](C)CC[C@H]1C(C)C. The van der Waals surface area contributed by atoms with Crippen LogP contribution in [0.15, 0.2) is 24.3 Å². The molecule has 0 amide bonds. The predicted octanol–water partition coefficient (Wildman–Crippen LogP) is 6.46. The molecular weight excluding hydrogens is 428 g/mol. The number of allylic oxidation sites excluding steroid dienone is 2. The number of hydrogen-bond acceptors (Lipinski definition) is 5. The van der Waals surface area contributed by atoms with Crippen LogP contribution in [-0.4, -0.2) is 29.9 Å². The summed E-state index contributed by atoms with van der Waals surface area (Å²) in [6.07, 6.45) is 8.71. The molecule has 0 radical (unpaired) electrons. The fourth-order valence-corrected chi connectivity index (χ4v) is 5.58. The van der Waals surface area contributed by atoms with Crippen molar-refractivity contribution >= 4 is 17.7 Å². The van der Waals surface area contributed by atoms with E-state index in [0.717, 1.165) is 44.6 Å². The normalized spacial score (nSPS) is 29.4. The summed E-state index contributed by atoms with van der Waals surface area (Å²) in [7, 11) is 0. The minimum Gasteiger partial charge on any atom is -0.458 e. The second-order valence-corrected chi connectivity index (χ2v) is 11.4. The van der Waals surface area contributed by atoms with E-state index in [1.165, 1.54) is 0 Å². The highest BCUT2D eigenvalue weighted by atomic mass is 16.6. The van der Waals surface area contributed by atoms with E-state index in [0.29, 0.717) is 30.1 Å². The highest BCUT2D eigenvalue weighted by Crippen LogP contribution is 2.37. The van der Waals surface area contributed by atoms with E-state index >= 15 is 0 Å². The van der Waals surface area contributed by atoms with Gasteiger partial charge in [0.25, 0.3) is 0 Å². The molecule has 34 heavy (non-hydrogen) atoms. The van der Waals surface area contributed by atoms with Gasteiger partial charge < -0.3 is 9.47 Å². The maximum Gasteiger partial charge on any atom is 0.345 e. The first kappa shape index (κ1) is 28.3. The number of carbonyl (C=O) groups excluding carboxylic acids is 3. The minimum absolute atomic E-state index is 0.192. The maximum atomic E-state index is 13.3. The number of esters is 2. The molecule has 0 saturated heterocycles. The molecule has 0 aromatic heterocycles. The number of carbonyl (C=O) groups is 3. The summed E-state index contributed by atoms with van der Waals surface area (Å²) in [5.74, 6) is 0.395. The van der Waals surface area contributed by atoms with E-state index in [-0.39, 0.29) is 41.8 Å². The molecule has 0 aliphatic heterocycles. The lowest BCUT2D eigenvalue weighted by atomic mass is 9.75. The van der Waals surface area contributed by atoms with Crippen molar-refractivity contribution in [2.24, 2.45) is 35.5 Å². The van der Waals surface area contributed by atoms with Gasteiger partial charge in [-0.3, -0.25) is 4.79 Å². The molecule has 2 rings (SSSR count). The van der Waals surface area contributed by atoms with Crippen molar-refractivity contribution in [3.63, 3.8) is 0 Å². The summed E-state index contributed by atoms with van der Waals surface area (Å²) >= 11 is 0. The van der Waals surface area contributed by atoms with Crippen LogP contribution in [0.4, 0.5) is 0 Å². The molecule has 0 N–H and O–H groups in total. The van der Waals surface area contributed by atoms with Crippen LogP contribution >= 0.6 is 0 Å². The van der Waals surface area contributed by atoms with Crippen molar-refractivity contribution < 1.29 is 23.9 Å². The monoisotopic (exact) mass is 474 g/mol. The van der Waals surface area contributed by atoms with E-state index in [1.807, 2.05) is 0 Å². The standard InChI is InChI=1S/C29H46O5/c1-8-9-10-22(30)17-25(28(31)33-26-15-20(6)11-13-23(26)18(2)3)29(32)34-27-16-21(7)12-14-24(27)19(4)5/h8,17-21,23-24,26-27H,1,9-16H2,2-7H3/t20-,21-,23+,24+,26-,27-/m1/s1. The lowest BCUT2D eigenvalue weighted by molar-refractivity contribution is -0.159. The van der Waals surface area contributed by atoms with Gasteiger partial charge in [0.1, 0.15) is 17.8 Å². The second kappa shape index (κ2) is 13.3. The fourth-order valence-electron chi connectivity index (χ4n) is 5.58. The van der Waals surface area contributed by atoms with Gasteiger partial charge in [-0.25, -0.2) is 9.59 Å². The highest BCUT2D eigenvalue weighted by molar-refractivity contribution is 6.18. The first-order valence-electron chi connectivity index (χ1n) is 13.3. The van der Waals surface area contributed by atoms with Crippen molar-refractivity contribution in [3.8, 4) is 0 Å². The predicted molar refractivity (Wildman–Crippen MR) is 135 cm³/mol. The largest absolute Gasteiger partial charge is 0.458 e. The van der Waals surface area contributed by atoms with Gasteiger partial charge in [-0.2, -0.15) is 0 Å². The van der Waals surface area contributed by atoms with Gasteiger partial charge in [0.15, 0.2) is 5.78 Å². The molecule has 2 aliphatic rings. The molecule has 0 unspecified atom stereocenters. The van der Waals surface area contributed by atoms with Crippen LogP contribution in [0.1, 0.15) is 92.9 Å². The average Bonchev–Trinajstić information content (AvgIpc) is 2.75. The zero-order chi connectivity index (χ0) is 25.4. The second-order valence-electron chi connectivity index (χ2n) is 11.4. The minimum atomic E-state index is -0.730. The van der Waals surface area contributed by atoms with E-state index in [4.69, 9.17) is 9.47 Å². The van der Waals surface area contributed by atoms with Crippen LogP contribution in [0, 0.1) is 35.5 Å². The Morgan fingerprint density at radius 3 is 1.65 bits per heavy atom. The third-order valence-corrected chi connectivity index (χ3v) is 7.78. The molecule has 2 fully saturated rings. The number of ketones is 1.